The normalized spacial score (nSPS) is 11.9. The lowest BCUT2D eigenvalue weighted by molar-refractivity contribution is 0.147. The van der Waals surface area contributed by atoms with E-state index in [0.29, 0.717) is 0 Å². The van der Waals surface area contributed by atoms with Gasteiger partial charge in [0.25, 0.3) is 0 Å². The second-order valence-corrected chi connectivity index (χ2v) is 4.07. The number of aromatic nitrogens is 2. The number of aliphatic hydroxyl groups excluding tert-OH is 2. The largest absolute Gasteiger partial charge is 0.394 e. The first kappa shape index (κ1) is 10.9. The maximum Gasteiger partial charge on any atom is 0.138 e. The molecule has 3 N–H and O–H groups in total. The highest BCUT2D eigenvalue weighted by Crippen LogP contribution is 2.16. The summed E-state index contributed by atoms with van der Waals surface area (Å²) in [6.45, 7) is 1.46. The van der Waals surface area contributed by atoms with Gasteiger partial charge >= 0.3 is 0 Å². The highest BCUT2D eigenvalue weighted by Gasteiger charge is 2.22. The van der Waals surface area contributed by atoms with E-state index in [2.05, 4.69) is 10.3 Å². The zero-order valence-electron chi connectivity index (χ0n) is 9.09. The van der Waals surface area contributed by atoms with Crippen LogP contribution >= 0.6 is 0 Å². The molecule has 0 atom stereocenters. The molecule has 0 fully saturated rings. The van der Waals surface area contributed by atoms with Gasteiger partial charge in [0.15, 0.2) is 0 Å². The Hall–Kier alpha value is -1.59. The zero-order chi connectivity index (χ0) is 11.6. The molecule has 0 unspecified atom stereocenters. The molecule has 0 aliphatic heterocycles. The van der Waals surface area contributed by atoms with E-state index in [1.807, 2.05) is 28.8 Å². The predicted molar refractivity (Wildman–Crippen MR) is 61.4 cm³/mol. The van der Waals surface area contributed by atoms with Crippen LogP contribution < -0.4 is 5.32 Å². The molecule has 2 rings (SSSR count). The van der Waals surface area contributed by atoms with Gasteiger partial charge in [0.2, 0.25) is 0 Å². The highest BCUT2D eigenvalue weighted by molar-refractivity contribution is 5.51. The molecule has 0 aromatic carbocycles. The number of pyridine rings is 1. The second kappa shape index (κ2) is 4.11. The van der Waals surface area contributed by atoms with Gasteiger partial charge in [-0.2, -0.15) is 0 Å². The average molecular weight is 221 g/mol. The van der Waals surface area contributed by atoms with Gasteiger partial charge in [-0.05, 0) is 19.1 Å². The monoisotopic (exact) mass is 221 g/mol. The Morgan fingerprint density at radius 3 is 2.81 bits per heavy atom. The molecule has 0 saturated carbocycles. The van der Waals surface area contributed by atoms with Crippen molar-refractivity contribution in [1.29, 1.82) is 0 Å². The van der Waals surface area contributed by atoms with Gasteiger partial charge < -0.3 is 15.5 Å². The minimum absolute atomic E-state index is 0.144. The van der Waals surface area contributed by atoms with Crippen molar-refractivity contribution in [2.75, 3.05) is 18.5 Å². The van der Waals surface area contributed by atoms with Crippen molar-refractivity contribution >= 4 is 11.5 Å². The molecule has 86 valence electrons. The van der Waals surface area contributed by atoms with Crippen molar-refractivity contribution in [2.45, 2.75) is 12.5 Å². The molecule has 0 radical (unpaired) electrons. The summed E-state index contributed by atoms with van der Waals surface area (Å²) >= 11 is 0. The average Bonchev–Trinajstić information content (AvgIpc) is 2.78. The van der Waals surface area contributed by atoms with Crippen molar-refractivity contribution in [2.24, 2.45) is 0 Å². The third kappa shape index (κ3) is 1.87. The molecule has 5 heteroatoms. The van der Waals surface area contributed by atoms with Crippen molar-refractivity contribution < 1.29 is 10.2 Å². The van der Waals surface area contributed by atoms with Crippen LogP contribution in [0.4, 0.5) is 5.82 Å². The molecule has 2 aromatic rings. The summed E-state index contributed by atoms with van der Waals surface area (Å²) in [5.74, 6) is 0.792. The number of nitrogens with zero attached hydrogens (tertiary/aromatic N) is 2. The molecule has 2 aromatic heterocycles. The Morgan fingerprint density at radius 1 is 1.38 bits per heavy atom. The quantitative estimate of drug-likeness (QED) is 0.702. The van der Waals surface area contributed by atoms with Gasteiger partial charge in [0, 0.05) is 12.4 Å². The Morgan fingerprint density at radius 2 is 2.12 bits per heavy atom. The number of aliphatic hydroxyl groups is 2. The molecule has 16 heavy (non-hydrogen) atoms. The maximum absolute atomic E-state index is 9.22. The fourth-order valence-electron chi connectivity index (χ4n) is 1.49. The molecule has 0 spiro atoms. The van der Waals surface area contributed by atoms with E-state index in [9.17, 15) is 10.2 Å². The van der Waals surface area contributed by atoms with E-state index in [-0.39, 0.29) is 13.2 Å². The van der Waals surface area contributed by atoms with E-state index in [1.54, 1.807) is 13.1 Å². The fourth-order valence-corrected chi connectivity index (χ4v) is 1.49. The van der Waals surface area contributed by atoms with Crippen molar-refractivity contribution in [3.63, 3.8) is 0 Å². The summed E-state index contributed by atoms with van der Waals surface area (Å²) in [6, 6.07) is 5.64. The molecular weight excluding hydrogens is 206 g/mol. The van der Waals surface area contributed by atoms with Crippen LogP contribution in [-0.4, -0.2) is 38.4 Å². The summed E-state index contributed by atoms with van der Waals surface area (Å²) in [4.78, 5) is 4.16. The molecule has 5 nitrogen and oxygen atoms in total. The fraction of sp³-hybridized carbons (Fsp3) is 0.364. The van der Waals surface area contributed by atoms with Crippen molar-refractivity contribution in [3.8, 4) is 0 Å². The van der Waals surface area contributed by atoms with Crippen LogP contribution in [-0.2, 0) is 0 Å². The number of hydrogen-bond donors (Lipinski definition) is 3. The smallest absolute Gasteiger partial charge is 0.138 e. The number of anilines is 1. The van der Waals surface area contributed by atoms with E-state index >= 15 is 0 Å². The van der Waals surface area contributed by atoms with E-state index in [1.165, 1.54) is 0 Å². The Bertz CT molecular complexity index is 477. The van der Waals surface area contributed by atoms with Crippen LogP contribution in [0.15, 0.2) is 30.6 Å². The third-order valence-electron chi connectivity index (χ3n) is 2.56. The summed E-state index contributed by atoms with van der Waals surface area (Å²) in [5.41, 5.74) is 0.0849. The molecule has 0 aliphatic rings. The lowest BCUT2D eigenvalue weighted by atomic mass is 10.1. The van der Waals surface area contributed by atoms with Gasteiger partial charge in [-0.3, -0.25) is 4.40 Å². The van der Waals surface area contributed by atoms with Gasteiger partial charge in [-0.1, -0.05) is 6.07 Å². The molecule has 2 heterocycles. The molecule has 0 bridgehead atoms. The SMILES string of the molecule is CC(CO)(CO)Nc1cccc2nccn12. The second-order valence-electron chi connectivity index (χ2n) is 4.07. The topological polar surface area (TPSA) is 69.8 Å². The first-order valence-corrected chi connectivity index (χ1v) is 5.10. The lowest BCUT2D eigenvalue weighted by Gasteiger charge is -2.27. The zero-order valence-corrected chi connectivity index (χ0v) is 9.09. The van der Waals surface area contributed by atoms with Crippen LogP contribution in [0.5, 0.6) is 0 Å². The summed E-state index contributed by atoms with van der Waals surface area (Å²) in [7, 11) is 0. The minimum atomic E-state index is -0.738. The van der Waals surface area contributed by atoms with E-state index in [0.717, 1.165) is 11.5 Å². The van der Waals surface area contributed by atoms with E-state index in [4.69, 9.17) is 0 Å². The van der Waals surface area contributed by atoms with Crippen molar-refractivity contribution in [3.05, 3.63) is 30.6 Å². The summed E-state index contributed by atoms with van der Waals surface area (Å²) in [6.07, 6.45) is 3.53. The number of rotatable bonds is 4. The maximum atomic E-state index is 9.22. The first-order chi connectivity index (χ1) is 7.68. The van der Waals surface area contributed by atoms with Gasteiger partial charge in [0.05, 0.1) is 18.8 Å². The van der Waals surface area contributed by atoms with Gasteiger partial charge in [0.1, 0.15) is 11.5 Å². The van der Waals surface area contributed by atoms with Crippen LogP contribution in [0.25, 0.3) is 5.65 Å². The predicted octanol–water partition coefficient (Wildman–Crippen LogP) is 0.489. The lowest BCUT2D eigenvalue weighted by Crippen LogP contribution is -2.43. The minimum Gasteiger partial charge on any atom is -0.394 e. The summed E-state index contributed by atoms with van der Waals surface area (Å²) in [5, 5.41) is 21.6. The van der Waals surface area contributed by atoms with Crippen LogP contribution in [0, 0.1) is 0 Å². The standard InChI is InChI=1S/C11H15N3O2/c1-11(7-15,8-16)13-10-4-2-3-9-12-5-6-14(9)10/h2-6,13,15-16H,7-8H2,1H3. The molecule has 0 amide bonds. The van der Waals surface area contributed by atoms with Gasteiger partial charge in [-0.25, -0.2) is 4.98 Å². The molecule has 0 saturated heterocycles. The number of imidazole rings is 1. The Kier molecular flexibility index (Phi) is 2.80. The Labute approximate surface area is 93.4 Å². The summed E-state index contributed by atoms with van der Waals surface area (Å²) < 4.78 is 1.86. The van der Waals surface area contributed by atoms with Crippen LogP contribution in [0.3, 0.4) is 0 Å². The Balaban J connectivity index is 2.37. The van der Waals surface area contributed by atoms with Crippen LogP contribution in [0.1, 0.15) is 6.92 Å². The number of fused-ring (bicyclic) bond motifs is 1. The molecular formula is C11H15N3O2. The molecule has 0 aliphatic carbocycles. The number of nitrogens with one attached hydrogen (secondary N) is 1. The van der Waals surface area contributed by atoms with Crippen molar-refractivity contribution in [1.82, 2.24) is 9.38 Å². The first-order valence-electron chi connectivity index (χ1n) is 5.10. The number of hydrogen-bond acceptors (Lipinski definition) is 4. The van der Waals surface area contributed by atoms with Gasteiger partial charge in [-0.15, -0.1) is 0 Å². The highest BCUT2D eigenvalue weighted by atomic mass is 16.3. The van der Waals surface area contributed by atoms with Crippen LogP contribution in [0.2, 0.25) is 0 Å². The third-order valence-corrected chi connectivity index (χ3v) is 2.56. The van der Waals surface area contributed by atoms with E-state index < -0.39 is 5.54 Å².